The molecule has 2 rings (SSSR count). The minimum atomic E-state index is 0.428. The normalized spacial score (nSPS) is 36.6. The number of rotatable bonds is 3. The molecule has 2 aliphatic carbocycles. The van der Waals surface area contributed by atoms with Gasteiger partial charge in [0.05, 0.1) is 0 Å². The molecule has 0 heterocycles. The van der Waals surface area contributed by atoms with Crippen molar-refractivity contribution in [3.63, 3.8) is 0 Å². The number of fused-ring (bicyclic) bond motifs is 2. The second-order valence-corrected chi connectivity index (χ2v) is 4.74. The van der Waals surface area contributed by atoms with Gasteiger partial charge in [-0.05, 0) is 43.9 Å². The number of hydrogen-bond donors (Lipinski definition) is 2. The predicted molar refractivity (Wildman–Crippen MR) is 58.1 cm³/mol. The topological polar surface area (TPSA) is 38.0 Å². The first kappa shape index (κ1) is 10.0. The molecule has 0 aliphatic heterocycles. The molecule has 2 heteroatoms. The average molecular weight is 192 g/mol. The summed E-state index contributed by atoms with van der Waals surface area (Å²) >= 11 is 0. The van der Waals surface area contributed by atoms with Gasteiger partial charge in [-0.15, -0.1) is 11.8 Å². The Bertz CT molecular complexity index is 251. The number of nitrogens with one attached hydrogen (secondary N) is 1. The maximum absolute atomic E-state index is 5.61. The lowest BCUT2D eigenvalue weighted by Crippen LogP contribution is -2.42. The van der Waals surface area contributed by atoms with Crippen molar-refractivity contribution in [1.82, 2.24) is 5.43 Å². The summed E-state index contributed by atoms with van der Waals surface area (Å²) in [5.74, 6) is 14.4. The van der Waals surface area contributed by atoms with Crippen LogP contribution in [0.1, 0.15) is 39.0 Å². The predicted octanol–water partition coefficient (Wildman–Crippen LogP) is 1.67. The van der Waals surface area contributed by atoms with Crippen LogP contribution in [0, 0.1) is 29.6 Å². The highest BCUT2D eigenvalue weighted by atomic mass is 15.2. The fourth-order valence-corrected chi connectivity index (χ4v) is 3.33. The second kappa shape index (κ2) is 4.33. The Morgan fingerprint density at radius 1 is 1.43 bits per heavy atom. The van der Waals surface area contributed by atoms with Gasteiger partial charge in [-0.1, -0.05) is 6.42 Å². The first-order valence-electron chi connectivity index (χ1n) is 5.71. The molecule has 2 saturated carbocycles. The molecular formula is C12H20N2. The van der Waals surface area contributed by atoms with Crippen LogP contribution in [-0.4, -0.2) is 6.04 Å². The van der Waals surface area contributed by atoms with Crippen LogP contribution >= 0.6 is 0 Å². The number of hydrogen-bond acceptors (Lipinski definition) is 2. The van der Waals surface area contributed by atoms with Gasteiger partial charge < -0.3 is 0 Å². The smallest absolute Gasteiger partial charge is 0.0350 e. The zero-order chi connectivity index (χ0) is 9.97. The maximum atomic E-state index is 5.61. The molecule has 2 nitrogen and oxygen atoms in total. The molecular weight excluding hydrogens is 172 g/mol. The van der Waals surface area contributed by atoms with Crippen LogP contribution in [0.5, 0.6) is 0 Å². The van der Waals surface area contributed by atoms with Crippen molar-refractivity contribution in [2.45, 2.75) is 45.1 Å². The summed E-state index contributed by atoms with van der Waals surface area (Å²) in [5.41, 5.74) is 2.96. The molecule has 4 atom stereocenters. The highest BCUT2D eigenvalue weighted by molar-refractivity contribution is 5.02. The van der Waals surface area contributed by atoms with Crippen LogP contribution < -0.4 is 11.3 Å². The Labute approximate surface area is 86.6 Å². The molecule has 2 aliphatic rings. The molecule has 0 aromatic rings. The van der Waals surface area contributed by atoms with Crippen LogP contribution in [-0.2, 0) is 0 Å². The van der Waals surface area contributed by atoms with E-state index in [1.165, 1.54) is 25.7 Å². The van der Waals surface area contributed by atoms with Crippen molar-refractivity contribution < 1.29 is 0 Å². The van der Waals surface area contributed by atoms with E-state index in [0.717, 1.165) is 24.2 Å². The fraction of sp³-hybridized carbons (Fsp3) is 0.833. The molecule has 0 aromatic carbocycles. The molecule has 0 aromatic heterocycles. The van der Waals surface area contributed by atoms with E-state index >= 15 is 0 Å². The van der Waals surface area contributed by atoms with E-state index in [9.17, 15) is 0 Å². The van der Waals surface area contributed by atoms with Crippen molar-refractivity contribution in [2.24, 2.45) is 23.6 Å². The molecule has 14 heavy (non-hydrogen) atoms. The average Bonchev–Trinajstić information content (AvgIpc) is 2.80. The Morgan fingerprint density at radius 3 is 2.79 bits per heavy atom. The van der Waals surface area contributed by atoms with Gasteiger partial charge in [0.15, 0.2) is 0 Å². The molecule has 2 fully saturated rings. The molecule has 4 unspecified atom stereocenters. The van der Waals surface area contributed by atoms with Crippen LogP contribution in [0.15, 0.2) is 0 Å². The third-order valence-corrected chi connectivity index (χ3v) is 4.02. The Balaban J connectivity index is 1.94. The van der Waals surface area contributed by atoms with Crippen molar-refractivity contribution in [1.29, 1.82) is 0 Å². The van der Waals surface area contributed by atoms with Crippen LogP contribution in [0.3, 0.4) is 0 Å². The third kappa shape index (κ3) is 1.80. The monoisotopic (exact) mass is 192 g/mol. The SMILES string of the molecule is CC#CCC(NN)C1CC2CCC1C2. The van der Waals surface area contributed by atoms with Crippen LogP contribution in [0.4, 0.5) is 0 Å². The lowest BCUT2D eigenvalue weighted by Gasteiger charge is -2.28. The van der Waals surface area contributed by atoms with E-state index < -0.39 is 0 Å². The first-order valence-corrected chi connectivity index (χ1v) is 5.71. The molecule has 0 saturated heterocycles. The number of hydrazine groups is 1. The molecule has 0 radical (unpaired) electrons. The van der Waals surface area contributed by atoms with E-state index in [2.05, 4.69) is 17.3 Å². The summed E-state index contributed by atoms with van der Waals surface area (Å²) in [7, 11) is 0. The summed E-state index contributed by atoms with van der Waals surface area (Å²) in [6.45, 7) is 1.90. The lowest BCUT2D eigenvalue weighted by molar-refractivity contribution is 0.252. The summed E-state index contributed by atoms with van der Waals surface area (Å²) in [6, 6.07) is 0.428. The highest BCUT2D eigenvalue weighted by Crippen LogP contribution is 2.49. The van der Waals surface area contributed by atoms with E-state index in [0.29, 0.717) is 6.04 Å². The summed E-state index contributed by atoms with van der Waals surface area (Å²) < 4.78 is 0. The zero-order valence-electron chi connectivity index (χ0n) is 8.92. The zero-order valence-corrected chi connectivity index (χ0v) is 8.92. The Morgan fingerprint density at radius 2 is 2.29 bits per heavy atom. The quantitative estimate of drug-likeness (QED) is 0.405. The van der Waals surface area contributed by atoms with E-state index in [1.807, 2.05) is 6.92 Å². The number of nitrogens with two attached hydrogens (primary N) is 1. The van der Waals surface area contributed by atoms with Gasteiger partial charge in [-0.3, -0.25) is 11.3 Å². The van der Waals surface area contributed by atoms with Crippen molar-refractivity contribution in [2.75, 3.05) is 0 Å². The van der Waals surface area contributed by atoms with Gasteiger partial charge in [0, 0.05) is 12.5 Å². The maximum Gasteiger partial charge on any atom is 0.0350 e. The largest absolute Gasteiger partial charge is 0.271 e. The van der Waals surface area contributed by atoms with Gasteiger partial charge in [-0.25, -0.2) is 0 Å². The van der Waals surface area contributed by atoms with Crippen molar-refractivity contribution in [3.05, 3.63) is 0 Å². The first-order chi connectivity index (χ1) is 6.85. The van der Waals surface area contributed by atoms with Gasteiger partial charge in [0.25, 0.3) is 0 Å². The fourth-order valence-electron chi connectivity index (χ4n) is 3.33. The van der Waals surface area contributed by atoms with E-state index in [-0.39, 0.29) is 0 Å². The molecule has 2 bridgehead atoms. The highest BCUT2D eigenvalue weighted by Gasteiger charge is 2.42. The summed E-state index contributed by atoms with van der Waals surface area (Å²) in [6.07, 6.45) is 6.62. The third-order valence-electron chi connectivity index (χ3n) is 4.02. The molecule has 0 spiro atoms. The second-order valence-electron chi connectivity index (χ2n) is 4.74. The van der Waals surface area contributed by atoms with Crippen LogP contribution in [0.25, 0.3) is 0 Å². The molecule has 3 N–H and O–H groups in total. The van der Waals surface area contributed by atoms with Gasteiger partial charge in [0.2, 0.25) is 0 Å². The Hall–Kier alpha value is -0.520. The summed E-state index contributed by atoms with van der Waals surface area (Å²) in [5, 5.41) is 0. The standard InChI is InChI=1S/C12H20N2/c1-2-3-4-12(14-13)11-8-9-5-6-10(11)7-9/h9-12,14H,4-8,13H2,1H3. The molecule has 78 valence electrons. The minimum Gasteiger partial charge on any atom is -0.271 e. The van der Waals surface area contributed by atoms with Crippen LogP contribution in [0.2, 0.25) is 0 Å². The van der Waals surface area contributed by atoms with Gasteiger partial charge >= 0.3 is 0 Å². The summed E-state index contributed by atoms with van der Waals surface area (Å²) in [4.78, 5) is 0. The van der Waals surface area contributed by atoms with Gasteiger partial charge in [0.1, 0.15) is 0 Å². The minimum absolute atomic E-state index is 0.428. The van der Waals surface area contributed by atoms with E-state index in [1.54, 1.807) is 0 Å². The van der Waals surface area contributed by atoms with Gasteiger partial charge in [-0.2, -0.15) is 0 Å². The molecule has 0 amide bonds. The van der Waals surface area contributed by atoms with E-state index in [4.69, 9.17) is 5.84 Å². The van der Waals surface area contributed by atoms with Crippen molar-refractivity contribution >= 4 is 0 Å². The van der Waals surface area contributed by atoms with Crippen molar-refractivity contribution in [3.8, 4) is 11.8 Å². The lowest BCUT2D eigenvalue weighted by atomic mass is 9.82. The Kier molecular flexibility index (Phi) is 3.10.